The molecule has 2 N–H and O–H groups in total. The van der Waals surface area contributed by atoms with Crippen molar-refractivity contribution in [3.8, 4) is 11.5 Å². The smallest absolute Gasteiger partial charge is 0.162 e. The molecule has 5 heteroatoms. The van der Waals surface area contributed by atoms with Crippen LogP contribution < -0.4 is 15.2 Å². The Morgan fingerprint density at radius 1 is 1.20 bits per heavy atom. The number of hydrogen-bond donors (Lipinski definition) is 1. The number of nitrogens with two attached hydrogens (primary N) is 1. The molecule has 0 aromatic heterocycles. The highest BCUT2D eigenvalue weighted by molar-refractivity contribution is 7.85. The summed E-state index contributed by atoms with van der Waals surface area (Å²) in [5.41, 5.74) is 6.04. The van der Waals surface area contributed by atoms with Crippen LogP contribution in [-0.2, 0) is 10.8 Å². The third-order valence-electron chi connectivity index (χ3n) is 4.27. The molecule has 4 nitrogen and oxygen atoms in total. The van der Waals surface area contributed by atoms with Crippen LogP contribution in [0.4, 0.5) is 0 Å². The van der Waals surface area contributed by atoms with Crippen LogP contribution in [0.3, 0.4) is 0 Å². The summed E-state index contributed by atoms with van der Waals surface area (Å²) in [5, 5.41) is 0.148. The van der Waals surface area contributed by atoms with E-state index in [1.807, 2.05) is 18.2 Å². The van der Waals surface area contributed by atoms with E-state index >= 15 is 0 Å². The molecule has 1 saturated carbocycles. The van der Waals surface area contributed by atoms with E-state index in [4.69, 9.17) is 15.2 Å². The molecule has 0 amide bonds. The Hall–Kier alpha value is -1.07. The molecule has 3 rings (SSSR count). The van der Waals surface area contributed by atoms with Gasteiger partial charge in [0.2, 0.25) is 0 Å². The normalized spacial score (nSPS) is 30.8. The van der Waals surface area contributed by atoms with E-state index in [1.165, 1.54) is 0 Å². The Morgan fingerprint density at radius 3 is 2.65 bits per heavy atom. The van der Waals surface area contributed by atoms with Crippen molar-refractivity contribution in [2.75, 3.05) is 13.2 Å². The minimum Gasteiger partial charge on any atom is -0.490 e. The van der Waals surface area contributed by atoms with Crippen LogP contribution in [0.25, 0.3) is 0 Å². The highest BCUT2D eigenvalue weighted by Crippen LogP contribution is 2.35. The van der Waals surface area contributed by atoms with E-state index in [1.54, 1.807) is 0 Å². The second-order valence-electron chi connectivity index (χ2n) is 5.60. The van der Waals surface area contributed by atoms with Crippen molar-refractivity contribution < 1.29 is 13.7 Å². The highest BCUT2D eigenvalue weighted by atomic mass is 32.2. The molecule has 0 bridgehead atoms. The largest absolute Gasteiger partial charge is 0.490 e. The Kier molecular flexibility index (Phi) is 3.98. The molecule has 0 saturated heterocycles. The molecule has 4 unspecified atom stereocenters. The number of ether oxygens (including phenoxy) is 2. The van der Waals surface area contributed by atoms with Gasteiger partial charge in [-0.05, 0) is 30.9 Å². The standard InChI is InChI=1S/C15H21NO3S/c1-10-12(16)4-6-15(10)20(17)11-3-5-13-14(9-11)19-8-2-7-18-13/h3,5,9-10,12,15H,2,4,6-8,16H2,1H3. The fraction of sp³-hybridized carbons (Fsp3) is 0.600. The molecule has 0 spiro atoms. The SMILES string of the molecule is CC1C(N)CCC1S(=O)c1ccc2c(c1)OCCCO2. The molecule has 110 valence electrons. The predicted molar refractivity (Wildman–Crippen MR) is 78.6 cm³/mol. The van der Waals surface area contributed by atoms with Gasteiger partial charge in [0.25, 0.3) is 0 Å². The summed E-state index contributed by atoms with van der Waals surface area (Å²) in [7, 11) is -1.03. The summed E-state index contributed by atoms with van der Waals surface area (Å²) in [4.78, 5) is 0.820. The zero-order chi connectivity index (χ0) is 14.1. The first-order valence-corrected chi connectivity index (χ1v) is 8.44. The Labute approximate surface area is 122 Å². The van der Waals surface area contributed by atoms with Crippen LogP contribution in [0, 0.1) is 5.92 Å². The predicted octanol–water partition coefficient (Wildman–Crippen LogP) is 2.08. The molecule has 1 aromatic rings. The average molecular weight is 295 g/mol. The molecule has 0 radical (unpaired) electrons. The van der Waals surface area contributed by atoms with Crippen molar-refractivity contribution in [1.82, 2.24) is 0 Å². The van der Waals surface area contributed by atoms with E-state index in [0.29, 0.717) is 24.9 Å². The molecule has 1 aromatic carbocycles. The van der Waals surface area contributed by atoms with Gasteiger partial charge in [0.15, 0.2) is 11.5 Å². The first-order chi connectivity index (χ1) is 9.66. The molecular formula is C15H21NO3S. The van der Waals surface area contributed by atoms with Crippen LogP contribution in [0.2, 0.25) is 0 Å². The highest BCUT2D eigenvalue weighted by Gasteiger charge is 2.35. The summed E-state index contributed by atoms with van der Waals surface area (Å²) in [6.45, 7) is 3.42. The zero-order valence-electron chi connectivity index (χ0n) is 11.7. The maximum absolute atomic E-state index is 12.7. The molecule has 1 aliphatic heterocycles. The monoisotopic (exact) mass is 295 g/mol. The number of fused-ring (bicyclic) bond motifs is 1. The van der Waals surface area contributed by atoms with E-state index < -0.39 is 10.8 Å². The summed E-state index contributed by atoms with van der Waals surface area (Å²) >= 11 is 0. The lowest BCUT2D eigenvalue weighted by molar-refractivity contribution is 0.297. The minimum atomic E-state index is -1.03. The van der Waals surface area contributed by atoms with Gasteiger partial charge in [0.05, 0.1) is 24.0 Å². The van der Waals surface area contributed by atoms with Crippen molar-refractivity contribution in [3.05, 3.63) is 18.2 Å². The lowest BCUT2D eigenvalue weighted by atomic mass is 10.1. The Bertz CT molecular complexity index is 520. The van der Waals surface area contributed by atoms with E-state index in [2.05, 4.69) is 6.92 Å². The molecule has 2 aliphatic rings. The molecule has 1 heterocycles. The van der Waals surface area contributed by atoms with Crippen molar-refractivity contribution in [1.29, 1.82) is 0 Å². The van der Waals surface area contributed by atoms with Gasteiger partial charge < -0.3 is 15.2 Å². The summed E-state index contributed by atoms with van der Waals surface area (Å²) in [5.74, 6) is 1.76. The quantitative estimate of drug-likeness (QED) is 0.907. The van der Waals surface area contributed by atoms with Crippen LogP contribution >= 0.6 is 0 Å². The second-order valence-corrected chi connectivity index (χ2v) is 7.27. The van der Waals surface area contributed by atoms with Crippen LogP contribution in [0.15, 0.2) is 23.1 Å². The molecule has 1 fully saturated rings. The topological polar surface area (TPSA) is 61.6 Å². The van der Waals surface area contributed by atoms with E-state index in [9.17, 15) is 4.21 Å². The van der Waals surface area contributed by atoms with Crippen LogP contribution in [0.1, 0.15) is 26.2 Å². The average Bonchev–Trinajstić information content (AvgIpc) is 2.68. The maximum Gasteiger partial charge on any atom is 0.162 e. The molecular weight excluding hydrogens is 274 g/mol. The molecule has 20 heavy (non-hydrogen) atoms. The fourth-order valence-corrected chi connectivity index (χ4v) is 4.62. The minimum absolute atomic E-state index is 0.148. The van der Waals surface area contributed by atoms with Gasteiger partial charge in [-0.25, -0.2) is 0 Å². The van der Waals surface area contributed by atoms with Gasteiger partial charge in [-0.15, -0.1) is 0 Å². The first kappa shape index (κ1) is 13.9. The fourth-order valence-electron chi connectivity index (χ4n) is 2.90. The lowest BCUT2D eigenvalue weighted by Gasteiger charge is -2.18. The second kappa shape index (κ2) is 5.74. The van der Waals surface area contributed by atoms with Crippen LogP contribution in [0.5, 0.6) is 11.5 Å². The van der Waals surface area contributed by atoms with Gasteiger partial charge >= 0.3 is 0 Å². The first-order valence-electron chi connectivity index (χ1n) is 7.22. The van der Waals surface area contributed by atoms with Crippen molar-refractivity contribution in [3.63, 3.8) is 0 Å². The van der Waals surface area contributed by atoms with Gasteiger partial charge in [-0.3, -0.25) is 4.21 Å². The van der Waals surface area contributed by atoms with Gasteiger partial charge in [0, 0.05) is 28.7 Å². The summed E-state index contributed by atoms with van der Waals surface area (Å²) in [6.07, 6.45) is 2.77. The Balaban J connectivity index is 1.83. The molecule has 1 aliphatic carbocycles. The van der Waals surface area contributed by atoms with Crippen LogP contribution in [-0.4, -0.2) is 28.7 Å². The third kappa shape index (κ3) is 2.56. The lowest BCUT2D eigenvalue weighted by Crippen LogP contribution is -2.29. The number of benzene rings is 1. The van der Waals surface area contributed by atoms with Gasteiger partial charge in [-0.1, -0.05) is 6.92 Å². The maximum atomic E-state index is 12.7. The Morgan fingerprint density at radius 2 is 1.95 bits per heavy atom. The van der Waals surface area contributed by atoms with Crippen molar-refractivity contribution in [2.45, 2.75) is 42.4 Å². The third-order valence-corrected chi connectivity index (χ3v) is 6.21. The number of rotatable bonds is 2. The van der Waals surface area contributed by atoms with Crippen molar-refractivity contribution >= 4 is 10.8 Å². The van der Waals surface area contributed by atoms with Crippen molar-refractivity contribution in [2.24, 2.45) is 11.7 Å². The molecule has 4 atom stereocenters. The number of hydrogen-bond acceptors (Lipinski definition) is 4. The summed E-state index contributed by atoms with van der Waals surface area (Å²) < 4.78 is 24.0. The summed E-state index contributed by atoms with van der Waals surface area (Å²) in [6, 6.07) is 5.80. The van der Waals surface area contributed by atoms with Gasteiger partial charge in [-0.2, -0.15) is 0 Å². The van der Waals surface area contributed by atoms with E-state index in [-0.39, 0.29) is 11.3 Å². The zero-order valence-corrected chi connectivity index (χ0v) is 12.5. The van der Waals surface area contributed by atoms with E-state index in [0.717, 1.165) is 29.9 Å². The van der Waals surface area contributed by atoms with Gasteiger partial charge in [0.1, 0.15) is 0 Å².